The number of aromatic nitrogens is 2. The molecular weight excluding hydrogens is 418 g/mol. The van der Waals surface area contributed by atoms with Gasteiger partial charge in [0.2, 0.25) is 0 Å². The molecule has 4 heterocycles. The van der Waals surface area contributed by atoms with Gasteiger partial charge < -0.3 is 14.7 Å². The average Bonchev–Trinajstić information content (AvgIpc) is 3.32. The van der Waals surface area contributed by atoms with Crippen molar-refractivity contribution in [1.29, 1.82) is 0 Å². The monoisotopic (exact) mass is 445 g/mol. The number of carbonyl (C=O) groups excluding carboxylic acids is 2. The van der Waals surface area contributed by atoms with Crippen molar-refractivity contribution in [1.82, 2.24) is 20.4 Å². The third-order valence-corrected chi connectivity index (χ3v) is 6.71. The number of carbonyl (C=O) groups is 2. The van der Waals surface area contributed by atoms with Gasteiger partial charge in [-0.3, -0.25) is 19.5 Å². The Morgan fingerprint density at radius 1 is 1.15 bits per heavy atom. The fourth-order valence-corrected chi connectivity index (χ4v) is 5.05. The van der Waals surface area contributed by atoms with Crippen molar-refractivity contribution in [2.24, 2.45) is 0 Å². The standard InChI is InChI=1S/C25H27N5O3/c1-16-23(17(2)33-28-16)24(31)27-13-20-9-10-21-15-30(25(32)18-7-5-11-26-12-18)22-8-4-3-6-19(22)14-29(20)21/h3-8,11-12,20-21H,9-10,13-15H2,1-2H3,(H,27,31)/t20-,21-/m1/s1. The number of nitrogens with zero attached hydrogens (tertiary/aromatic N) is 4. The third-order valence-electron chi connectivity index (χ3n) is 6.71. The molecule has 0 radical (unpaired) electrons. The Labute approximate surface area is 192 Å². The first kappa shape index (κ1) is 21.3. The molecule has 2 amide bonds. The molecule has 3 aromatic rings. The molecule has 1 saturated heterocycles. The van der Waals surface area contributed by atoms with Crippen molar-refractivity contribution in [2.75, 3.05) is 18.0 Å². The lowest BCUT2D eigenvalue weighted by molar-refractivity contribution is 0.0932. The van der Waals surface area contributed by atoms with Gasteiger partial charge in [0, 0.05) is 49.8 Å². The lowest BCUT2D eigenvalue weighted by Crippen LogP contribution is -2.46. The molecule has 1 aromatic carbocycles. The molecule has 1 N–H and O–H groups in total. The van der Waals surface area contributed by atoms with Crippen LogP contribution in [0, 0.1) is 13.8 Å². The first-order valence-corrected chi connectivity index (χ1v) is 11.3. The summed E-state index contributed by atoms with van der Waals surface area (Å²) < 4.78 is 5.14. The van der Waals surface area contributed by atoms with Gasteiger partial charge >= 0.3 is 0 Å². The third kappa shape index (κ3) is 4.02. The predicted molar refractivity (Wildman–Crippen MR) is 123 cm³/mol. The van der Waals surface area contributed by atoms with Gasteiger partial charge in [-0.25, -0.2) is 0 Å². The van der Waals surface area contributed by atoms with E-state index in [2.05, 4.69) is 26.4 Å². The van der Waals surface area contributed by atoms with Gasteiger partial charge in [-0.2, -0.15) is 0 Å². The largest absolute Gasteiger partial charge is 0.361 e. The van der Waals surface area contributed by atoms with E-state index in [0.29, 0.717) is 35.7 Å². The molecule has 0 saturated carbocycles. The molecule has 0 unspecified atom stereocenters. The van der Waals surface area contributed by atoms with Crippen LogP contribution in [0.1, 0.15) is 50.6 Å². The van der Waals surface area contributed by atoms with Gasteiger partial charge in [0.25, 0.3) is 11.8 Å². The minimum absolute atomic E-state index is 0.0347. The molecule has 0 spiro atoms. The molecule has 5 rings (SSSR count). The number of benzene rings is 1. The number of rotatable bonds is 4. The molecule has 33 heavy (non-hydrogen) atoms. The second-order valence-electron chi connectivity index (χ2n) is 8.75. The number of nitrogens with one attached hydrogen (secondary N) is 1. The second kappa shape index (κ2) is 8.78. The first-order valence-electron chi connectivity index (χ1n) is 11.3. The Bertz CT molecular complexity index is 1160. The van der Waals surface area contributed by atoms with Crippen LogP contribution in [0.2, 0.25) is 0 Å². The van der Waals surface area contributed by atoms with Crippen molar-refractivity contribution in [3.63, 3.8) is 0 Å². The van der Waals surface area contributed by atoms with E-state index in [1.165, 1.54) is 0 Å². The number of para-hydroxylation sites is 1. The number of pyridine rings is 1. The zero-order valence-corrected chi connectivity index (χ0v) is 18.8. The van der Waals surface area contributed by atoms with Gasteiger partial charge in [-0.1, -0.05) is 23.4 Å². The summed E-state index contributed by atoms with van der Waals surface area (Å²) in [6.45, 7) is 5.41. The van der Waals surface area contributed by atoms with Gasteiger partial charge in [0.1, 0.15) is 11.3 Å². The summed E-state index contributed by atoms with van der Waals surface area (Å²) in [6.07, 6.45) is 5.23. The van der Waals surface area contributed by atoms with Gasteiger partial charge in [0.05, 0.1) is 11.3 Å². The summed E-state index contributed by atoms with van der Waals surface area (Å²) >= 11 is 0. The fraction of sp³-hybridized carbons (Fsp3) is 0.360. The Balaban J connectivity index is 1.36. The zero-order valence-electron chi connectivity index (χ0n) is 18.8. The lowest BCUT2D eigenvalue weighted by Gasteiger charge is -2.29. The Morgan fingerprint density at radius 3 is 2.76 bits per heavy atom. The topological polar surface area (TPSA) is 91.6 Å². The normalized spacial score (nSPS) is 20.1. The SMILES string of the molecule is Cc1noc(C)c1C(=O)NC[C@H]1CC[C@@H]2CN(C(=O)c3cccnc3)c3ccccc3CN12. The van der Waals surface area contributed by atoms with E-state index >= 15 is 0 Å². The number of hydrogen-bond acceptors (Lipinski definition) is 6. The minimum atomic E-state index is -0.154. The Hall–Kier alpha value is -3.52. The molecule has 2 atom stereocenters. The minimum Gasteiger partial charge on any atom is -0.361 e. The van der Waals surface area contributed by atoms with Crippen molar-refractivity contribution in [3.05, 3.63) is 76.9 Å². The maximum Gasteiger partial charge on any atom is 0.259 e. The highest BCUT2D eigenvalue weighted by molar-refractivity contribution is 6.06. The van der Waals surface area contributed by atoms with E-state index in [1.54, 1.807) is 32.3 Å². The highest BCUT2D eigenvalue weighted by atomic mass is 16.5. The van der Waals surface area contributed by atoms with Crippen LogP contribution in [0.5, 0.6) is 0 Å². The van der Waals surface area contributed by atoms with Crippen LogP contribution in [-0.4, -0.2) is 52.0 Å². The molecule has 0 aliphatic carbocycles. The summed E-state index contributed by atoms with van der Waals surface area (Å²) in [5.41, 5.74) is 3.75. The van der Waals surface area contributed by atoms with E-state index in [1.807, 2.05) is 29.2 Å². The summed E-state index contributed by atoms with van der Waals surface area (Å²) in [4.78, 5) is 34.6. The van der Waals surface area contributed by atoms with Gasteiger partial charge in [0.15, 0.2) is 0 Å². The maximum atomic E-state index is 13.4. The number of anilines is 1. The molecule has 8 nitrogen and oxygen atoms in total. The van der Waals surface area contributed by atoms with E-state index in [4.69, 9.17) is 4.52 Å². The highest BCUT2D eigenvalue weighted by Gasteiger charge is 2.39. The molecule has 2 aliphatic heterocycles. The number of hydrogen-bond donors (Lipinski definition) is 1. The van der Waals surface area contributed by atoms with Crippen LogP contribution in [0.3, 0.4) is 0 Å². The van der Waals surface area contributed by atoms with E-state index in [9.17, 15) is 9.59 Å². The van der Waals surface area contributed by atoms with Gasteiger partial charge in [-0.15, -0.1) is 0 Å². The van der Waals surface area contributed by atoms with E-state index in [-0.39, 0.29) is 23.9 Å². The highest BCUT2D eigenvalue weighted by Crippen LogP contribution is 2.35. The predicted octanol–water partition coefficient (Wildman–Crippen LogP) is 3.11. The molecule has 1 fully saturated rings. The number of aryl methyl sites for hydroxylation is 2. The second-order valence-corrected chi connectivity index (χ2v) is 8.75. The number of fused-ring (bicyclic) bond motifs is 2. The van der Waals surface area contributed by atoms with E-state index in [0.717, 1.165) is 30.6 Å². The summed E-state index contributed by atoms with van der Waals surface area (Å²) in [5, 5.41) is 6.96. The molecule has 0 bridgehead atoms. The summed E-state index contributed by atoms with van der Waals surface area (Å²) in [5.74, 6) is 0.341. The van der Waals surface area contributed by atoms with Crippen LogP contribution in [-0.2, 0) is 6.54 Å². The fourth-order valence-electron chi connectivity index (χ4n) is 5.05. The molecule has 2 aliphatic rings. The Morgan fingerprint density at radius 2 is 2.00 bits per heavy atom. The zero-order chi connectivity index (χ0) is 22.9. The van der Waals surface area contributed by atoms with E-state index < -0.39 is 0 Å². The van der Waals surface area contributed by atoms with Crippen LogP contribution >= 0.6 is 0 Å². The van der Waals surface area contributed by atoms with Crippen LogP contribution < -0.4 is 10.2 Å². The Kier molecular flexibility index (Phi) is 5.68. The lowest BCUT2D eigenvalue weighted by atomic mass is 10.1. The molecular formula is C25H27N5O3. The smallest absolute Gasteiger partial charge is 0.259 e. The van der Waals surface area contributed by atoms with Crippen molar-refractivity contribution >= 4 is 17.5 Å². The summed E-state index contributed by atoms with van der Waals surface area (Å²) in [7, 11) is 0. The first-order chi connectivity index (χ1) is 16.0. The molecule has 2 aromatic heterocycles. The average molecular weight is 446 g/mol. The molecule has 8 heteroatoms. The van der Waals surface area contributed by atoms with Crippen LogP contribution in [0.15, 0.2) is 53.3 Å². The number of amides is 2. The maximum absolute atomic E-state index is 13.4. The molecule has 170 valence electrons. The quantitative estimate of drug-likeness (QED) is 0.664. The summed E-state index contributed by atoms with van der Waals surface area (Å²) in [6, 6.07) is 12.1. The van der Waals surface area contributed by atoms with Crippen molar-refractivity contribution in [2.45, 2.75) is 45.3 Å². The van der Waals surface area contributed by atoms with Gasteiger partial charge in [-0.05, 0) is 50.5 Å². The van der Waals surface area contributed by atoms with Crippen LogP contribution in [0.4, 0.5) is 5.69 Å². The van der Waals surface area contributed by atoms with Crippen LogP contribution in [0.25, 0.3) is 0 Å². The van der Waals surface area contributed by atoms with Crippen molar-refractivity contribution < 1.29 is 14.1 Å². The van der Waals surface area contributed by atoms with Crippen molar-refractivity contribution in [3.8, 4) is 0 Å².